The van der Waals surface area contributed by atoms with Gasteiger partial charge in [-0.15, -0.1) is 0 Å². The molecule has 0 bridgehead atoms. The highest BCUT2D eigenvalue weighted by Gasteiger charge is 2.18. The summed E-state index contributed by atoms with van der Waals surface area (Å²) in [6, 6.07) is 5.12. The zero-order chi connectivity index (χ0) is 14.5. The highest BCUT2D eigenvalue weighted by molar-refractivity contribution is 5.94. The van der Waals surface area contributed by atoms with Gasteiger partial charge >= 0.3 is 5.97 Å². The van der Waals surface area contributed by atoms with Gasteiger partial charge in [-0.05, 0) is 56.1 Å². The van der Waals surface area contributed by atoms with Gasteiger partial charge in [-0.3, -0.25) is 4.79 Å². The summed E-state index contributed by atoms with van der Waals surface area (Å²) >= 11 is 0. The van der Waals surface area contributed by atoms with Gasteiger partial charge < -0.3 is 15.4 Å². The molecule has 5 heteroatoms. The van der Waals surface area contributed by atoms with E-state index in [1.807, 2.05) is 6.92 Å². The Bertz CT molecular complexity index is 508. The third-order valence-electron chi connectivity index (χ3n) is 3.56. The van der Waals surface area contributed by atoms with Crippen LogP contribution in [0.1, 0.15) is 28.8 Å². The van der Waals surface area contributed by atoms with Crippen LogP contribution in [0.2, 0.25) is 0 Å². The normalized spacial score (nSPS) is 17.8. The fraction of sp³-hybridized carbons (Fsp3) is 0.467. The summed E-state index contributed by atoms with van der Waals surface area (Å²) in [6.07, 6.45) is 1.58. The van der Waals surface area contributed by atoms with Gasteiger partial charge in [0.2, 0.25) is 5.91 Å². The lowest BCUT2D eigenvalue weighted by Crippen LogP contribution is -2.18. The average molecular weight is 276 g/mol. The van der Waals surface area contributed by atoms with Crippen molar-refractivity contribution in [3.8, 4) is 0 Å². The van der Waals surface area contributed by atoms with Gasteiger partial charge in [-0.25, -0.2) is 4.79 Å². The second kappa shape index (κ2) is 6.52. The van der Waals surface area contributed by atoms with E-state index in [-0.39, 0.29) is 11.9 Å². The summed E-state index contributed by atoms with van der Waals surface area (Å²) in [5.74, 6) is 0.0697. The van der Waals surface area contributed by atoms with Crippen molar-refractivity contribution >= 4 is 17.6 Å². The fourth-order valence-electron chi connectivity index (χ4n) is 2.40. The minimum atomic E-state index is -0.372. The van der Waals surface area contributed by atoms with E-state index in [4.69, 9.17) is 0 Å². The van der Waals surface area contributed by atoms with E-state index in [0.717, 1.165) is 30.8 Å². The predicted molar refractivity (Wildman–Crippen MR) is 76.7 cm³/mol. The molecule has 2 rings (SSSR count). The maximum absolute atomic E-state index is 12.0. The molecular weight excluding hydrogens is 256 g/mol. The summed E-state index contributed by atoms with van der Waals surface area (Å²) in [6.45, 7) is 3.76. The molecule has 1 amide bonds. The van der Waals surface area contributed by atoms with Crippen molar-refractivity contribution in [1.29, 1.82) is 0 Å². The van der Waals surface area contributed by atoms with E-state index in [1.165, 1.54) is 7.11 Å². The Morgan fingerprint density at radius 2 is 2.25 bits per heavy atom. The van der Waals surface area contributed by atoms with Crippen molar-refractivity contribution in [3.05, 3.63) is 29.3 Å². The molecule has 108 valence electrons. The number of carbonyl (C=O) groups is 2. The number of aryl methyl sites for hydroxylation is 1. The molecule has 2 N–H and O–H groups in total. The van der Waals surface area contributed by atoms with Gasteiger partial charge in [0.25, 0.3) is 0 Å². The van der Waals surface area contributed by atoms with E-state index < -0.39 is 0 Å². The maximum Gasteiger partial charge on any atom is 0.337 e. The predicted octanol–water partition coefficient (Wildman–Crippen LogP) is 1.72. The lowest BCUT2D eigenvalue weighted by Gasteiger charge is -2.12. The monoisotopic (exact) mass is 276 g/mol. The Balaban J connectivity index is 1.98. The molecule has 1 aliphatic rings. The average Bonchev–Trinajstić information content (AvgIpc) is 2.93. The molecular formula is C15H20N2O3. The van der Waals surface area contributed by atoms with Crippen LogP contribution in [0.4, 0.5) is 5.69 Å². The topological polar surface area (TPSA) is 67.4 Å². The fourth-order valence-corrected chi connectivity index (χ4v) is 2.40. The quantitative estimate of drug-likeness (QED) is 0.822. The van der Waals surface area contributed by atoms with Crippen molar-refractivity contribution in [2.75, 3.05) is 25.5 Å². The van der Waals surface area contributed by atoms with E-state index in [2.05, 4.69) is 15.4 Å². The SMILES string of the molecule is COC(=O)c1ccc(NC(=O)CC2CCNC2)c(C)c1. The Hall–Kier alpha value is -1.88. The van der Waals surface area contributed by atoms with E-state index in [9.17, 15) is 9.59 Å². The number of carbonyl (C=O) groups excluding carboxylic acids is 2. The molecule has 1 aromatic carbocycles. The molecule has 1 aliphatic heterocycles. The van der Waals surface area contributed by atoms with Crippen molar-refractivity contribution in [2.45, 2.75) is 19.8 Å². The van der Waals surface area contributed by atoms with Gasteiger partial charge in [0, 0.05) is 12.1 Å². The maximum atomic E-state index is 12.0. The lowest BCUT2D eigenvalue weighted by atomic mass is 10.0. The first kappa shape index (κ1) is 14.5. The first-order valence-electron chi connectivity index (χ1n) is 6.79. The Kier molecular flexibility index (Phi) is 4.74. The molecule has 20 heavy (non-hydrogen) atoms. The molecule has 1 saturated heterocycles. The first-order valence-corrected chi connectivity index (χ1v) is 6.79. The molecule has 1 fully saturated rings. The van der Waals surface area contributed by atoms with Crippen molar-refractivity contribution in [1.82, 2.24) is 5.32 Å². The molecule has 0 aromatic heterocycles. The molecule has 5 nitrogen and oxygen atoms in total. The molecule has 1 unspecified atom stereocenters. The summed E-state index contributed by atoms with van der Waals surface area (Å²) in [5, 5.41) is 6.15. The third-order valence-corrected chi connectivity index (χ3v) is 3.56. The number of anilines is 1. The van der Waals surface area contributed by atoms with Crippen LogP contribution in [0, 0.1) is 12.8 Å². The molecule has 1 atom stereocenters. The summed E-state index contributed by atoms with van der Waals surface area (Å²) in [7, 11) is 1.35. The van der Waals surface area contributed by atoms with Gasteiger partial charge in [-0.2, -0.15) is 0 Å². The van der Waals surface area contributed by atoms with Crippen LogP contribution in [-0.2, 0) is 9.53 Å². The number of ether oxygens (including phenoxy) is 1. The van der Waals surface area contributed by atoms with Gasteiger partial charge in [0.05, 0.1) is 12.7 Å². The van der Waals surface area contributed by atoms with Crippen LogP contribution < -0.4 is 10.6 Å². The van der Waals surface area contributed by atoms with Crippen LogP contribution >= 0.6 is 0 Å². The summed E-state index contributed by atoms with van der Waals surface area (Å²) in [4.78, 5) is 23.4. The largest absolute Gasteiger partial charge is 0.465 e. The van der Waals surface area contributed by atoms with Crippen LogP contribution in [-0.4, -0.2) is 32.1 Å². The van der Waals surface area contributed by atoms with E-state index in [0.29, 0.717) is 17.9 Å². The Morgan fingerprint density at radius 3 is 2.85 bits per heavy atom. The van der Waals surface area contributed by atoms with Crippen LogP contribution in [0.25, 0.3) is 0 Å². The van der Waals surface area contributed by atoms with Crippen molar-refractivity contribution in [2.24, 2.45) is 5.92 Å². The number of esters is 1. The number of hydrogen-bond acceptors (Lipinski definition) is 4. The zero-order valence-corrected chi connectivity index (χ0v) is 11.9. The summed E-state index contributed by atoms with van der Waals surface area (Å²) in [5.41, 5.74) is 2.09. The Labute approximate surface area is 118 Å². The highest BCUT2D eigenvalue weighted by Crippen LogP contribution is 2.19. The standard InChI is InChI=1S/C15H20N2O3/c1-10-7-12(15(19)20-2)3-4-13(10)17-14(18)8-11-5-6-16-9-11/h3-4,7,11,16H,5-6,8-9H2,1-2H3,(H,17,18). The zero-order valence-electron chi connectivity index (χ0n) is 11.9. The van der Waals surface area contributed by atoms with Gasteiger partial charge in [0.15, 0.2) is 0 Å². The number of benzene rings is 1. The molecule has 1 aromatic rings. The molecule has 0 spiro atoms. The van der Waals surface area contributed by atoms with Crippen LogP contribution in [0.5, 0.6) is 0 Å². The number of hydrogen-bond donors (Lipinski definition) is 2. The third kappa shape index (κ3) is 3.57. The molecule has 0 saturated carbocycles. The molecule has 0 radical (unpaired) electrons. The molecule has 1 heterocycles. The summed E-state index contributed by atoms with van der Waals surface area (Å²) < 4.78 is 4.67. The second-order valence-corrected chi connectivity index (χ2v) is 5.13. The Morgan fingerprint density at radius 1 is 1.45 bits per heavy atom. The second-order valence-electron chi connectivity index (χ2n) is 5.13. The van der Waals surface area contributed by atoms with Crippen molar-refractivity contribution in [3.63, 3.8) is 0 Å². The van der Waals surface area contributed by atoms with E-state index in [1.54, 1.807) is 18.2 Å². The number of rotatable bonds is 4. The minimum absolute atomic E-state index is 0.0209. The number of nitrogens with one attached hydrogen (secondary N) is 2. The lowest BCUT2D eigenvalue weighted by molar-refractivity contribution is -0.117. The van der Waals surface area contributed by atoms with E-state index >= 15 is 0 Å². The molecule has 0 aliphatic carbocycles. The van der Waals surface area contributed by atoms with Gasteiger partial charge in [-0.1, -0.05) is 0 Å². The number of amides is 1. The smallest absolute Gasteiger partial charge is 0.337 e. The minimum Gasteiger partial charge on any atom is -0.465 e. The van der Waals surface area contributed by atoms with Crippen molar-refractivity contribution < 1.29 is 14.3 Å². The first-order chi connectivity index (χ1) is 9.60. The number of methoxy groups -OCH3 is 1. The van der Waals surface area contributed by atoms with Crippen LogP contribution in [0.3, 0.4) is 0 Å². The highest BCUT2D eigenvalue weighted by atomic mass is 16.5. The van der Waals surface area contributed by atoms with Crippen LogP contribution in [0.15, 0.2) is 18.2 Å². The van der Waals surface area contributed by atoms with Gasteiger partial charge in [0.1, 0.15) is 0 Å².